The minimum atomic E-state index is -3.66. The van der Waals surface area contributed by atoms with Crippen molar-refractivity contribution in [3.8, 4) is 34.3 Å². The molecule has 0 spiro atoms. The molecule has 34 atom stereocenters. The largest absolute Gasteiger partial charge is 0.414 e. The van der Waals surface area contributed by atoms with Gasteiger partial charge in [0.05, 0.1) is 40.9 Å². The number of ether oxygens (including phenoxy) is 1. The van der Waals surface area contributed by atoms with Gasteiger partial charge in [-0.25, -0.2) is 22.8 Å². The Morgan fingerprint density at radius 2 is 0.968 bits per heavy atom. The number of hydrogen-bond acceptors (Lipinski definition) is 10. The number of benzene rings is 2. The van der Waals surface area contributed by atoms with Crippen molar-refractivity contribution in [2.24, 2.45) is 0 Å². The molecule has 68 heteroatoms. The highest BCUT2D eigenvalue weighted by Gasteiger charge is 2.60. The van der Waals surface area contributed by atoms with E-state index in [4.69, 9.17) is 14.9 Å². The topological polar surface area (TPSA) is 146 Å². The van der Waals surface area contributed by atoms with E-state index in [1.54, 1.807) is 24.3 Å². The first-order valence-corrected chi connectivity index (χ1v) is 127. The van der Waals surface area contributed by atoms with E-state index in [0.717, 1.165) is 26.5 Å². The van der Waals surface area contributed by atoms with Crippen LogP contribution >= 0.6 is 440 Å². The zero-order valence-electron chi connectivity index (χ0n) is 50.0. The lowest BCUT2D eigenvalue weighted by atomic mass is 10.1. The molecular formula is C27H85F2N6O4P55S. The highest BCUT2D eigenvalue weighted by molar-refractivity contribution is 9.53. The van der Waals surface area contributed by atoms with Gasteiger partial charge >= 0.3 is 0 Å². The SMILES string of the molecule is CC(CCF)S(=O)(=O)c1ccc(-c2cnc(N)c(-c3nnc(-c4ccc(CN[C@@H]5CCOC5)cc4F)o3)n2)cc1.PPP(P)P(P(P)P)P(P(P(P(P)P)P(P)P)P(P(P)P)P(P)P)P(P(P(P(P)P)P(P)P)P(P(P)P)P(P)P)P(P(P(P)P)P(P)P)P(P(P)P)P(P)P. The Balaban J connectivity index is 0.000000421. The fourth-order valence-electron chi connectivity index (χ4n) is 7.52. The molecule has 33 unspecified atom stereocenters. The van der Waals surface area contributed by atoms with Crippen molar-refractivity contribution in [2.45, 2.75) is 42.5 Å². The Kier molecular flexibility index (Phi) is 62.4. The minimum absolute atomic E-state index is 0.0241. The second-order valence-electron chi connectivity index (χ2n) is 18.1. The van der Waals surface area contributed by atoms with E-state index in [9.17, 15) is 17.2 Å². The maximum atomic E-state index is 14.9. The molecule has 4 aromatic rings. The van der Waals surface area contributed by atoms with Gasteiger partial charge in [-0.15, -0.1) is 260 Å². The summed E-state index contributed by atoms with van der Waals surface area (Å²) in [5.74, 6) is -0.580. The molecule has 10 nitrogen and oxygen atoms in total. The van der Waals surface area contributed by atoms with Gasteiger partial charge in [-0.05, 0) is 231 Å². The molecule has 3 heterocycles. The molecule has 2 aromatic heterocycles. The minimum Gasteiger partial charge on any atom is -0.414 e. The zero-order valence-corrected chi connectivity index (χ0v) is 107. The number of nitrogens with two attached hydrogens (primary N) is 1. The maximum absolute atomic E-state index is 14.9. The molecule has 1 fully saturated rings. The van der Waals surface area contributed by atoms with Gasteiger partial charge in [-0.3, -0.25) is 4.39 Å². The lowest BCUT2D eigenvalue weighted by Gasteiger charge is -2.59. The summed E-state index contributed by atoms with van der Waals surface area (Å²) in [6.45, 7) is -2.24. The molecule has 5 rings (SSSR count). The van der Waals surface area contributed by atoms with Crippen molar-refractivity contribution < 1.29 is 26.4 Å². The predicted octanol–water partition coefficient (Wildman–Crippen LogP) is 36.1. The third-order valence-electron chi connectivity index (χ3n) is 11.5. The summed E-state index contributed by atoms with van der Waals surface area (Å²) in [5.41, 5.74) is 7.96. The quantitative estimate of drug-likeness (QED) is 0.0422. The summed E-state index contributed by atoms with van der Waals surface area (Å²) in [7, 11) is 95.9. The van der Waals surface area contributed by atoms with Crippen LogP contribution < -0.4 is 11.1 Å². The number of anilines is 1. The van der Waals surface area contributed by atoms with Crippen molar-refractivity contribution in [2.75, 3.05) is 25.6 Å². The van der Waals surface area contributed by atoms with E-state index in [2.05, 4.69) is 275 Å². The molecule has 95 heavy (non-hydrogen) atoms. The third-order valence-corrected chi connectivity index (χ3v) is 395. The van der Waals surface area contributed by atoms with Crippen LogP contribution in [-0.2, 0) is 21.1 Å². The van der Waals surface area contributed by atoms with E-state index in [-0.39, 0.29) is 228 Å². The summed E-state index contributed by atoms with van der Waals surface area (Å²) in [4.78, 5) is 8.72. The van der Waals surface area contributed by atoms with Gasteiger partial charge in [-0.1, -0.05) is 26.2 Å². The van der Waals surface area contributed by atoms with E-state index >= 15 is 0 Å². The molecule has 0 radical (unpaired) electrons. The highest BCUT2D eigenvalue weighted by atomic mass is 33.6. The molecule has 0 saturated carbocycles. The first-order valence-electron chi connectivity index (χ1n) is 25.2. The first kappa shape index (κ1) is 107. The van der Waals surface area contributed by atoms with E-state index in [1.807, 2.05) is 0 Å². The van der Waals surface area contributed by atoms with Crippen LogP contribution in [0.5, 0.6) is 0 Å². The summed E-state index contributed by atoms with van der Waals surface area (Å²) in [5, 5.41) is 10.5. The second-order valence-corrected chi connectivity index (χ2v) is 245. The van der Waals surface area contributed by atoms with Crippen LogP contribution in [-0.4, -0.2) is 59.8 Å². The fraction of sp³-hybridized carbons (Fsp3) is 0.333. The molecule has 0 bridgehead atoms. The van der Waals surface area contributed by atoms with Crippen LogP contribution in [0.1, 0.15) is 25.3 Å². The molecule has 0 aliphatic carbocycles. The Bertz CT molecular complexity index is 2890. The van der Waals surface area contributed by atoms with Crippen LogP contribution in [0.3, 0.4) is 0 Å². The van der Waals surface area contributed by atoms with Gasteiger partial charge in [0.25, 0.3) is 11.8 Å². The van der Waals surface area contributed by atoms with Crippen LogP contribution in [0.4, 0.5) is 14.6 Å². The van der Waals surface area contributed by atoms with Gasteiger partial charge in [0.15, 0.2) is 21.3 Å². The van der Waals surface area contributed by atoms with Crippen molar-refractivity contribution in [3.63, 3.8) is 0 Å². The van der Waals surface area contributed by atoms with Crippen molar-refractivity contribution >= 4 is 455 Å². The number of halogens is 2. The van der Waals surface area contributed by atoms with Crippen molar-refractivity contribution in [1.29, 1.82) is 0 Å². The van der Waals surface area contributed by atoms with Gasteiger partial charge in [0, 0.05) is 24.8 Å². The Morgan fingerprint density at radius 3 is 1.33 bits per heavy atom. The number of sulfone groups is 1. The highest BCUT2D eigenvalue weighted by Crippen LogP contribution is 3.47. The molecule has 0 amide bonds. The average molecular weight is 2330 g/mol. The maximum Gasteiger partial charge on any atom is 0.270 e. The van der Waals surface area contributed by atoms with Crippen LogP contribution in [0.25, 0.3) is 34.3 Å². The monoisotopic (exact) mass is 2330 g/mol. The first-order chi connectivity index (χ1) is 44.3. The standard InChI is InChI=1S/C27H28F2N6O4S.H57P55/c1-16(8-10-28)40(36,37)20-5-3-18(4-6-20)23-14-32-25(30)24(33-23)27-35-34-26(39-27)21-7-2-17(12-22(21)29)13-31-19-9-11-38-15-19;1-29-43(28)50(42(26)27)54(51(44(30(2)3)31(4)5)45(32(6)7)33(8)9)55(52(46(34(10)11)35(12)13)47(36(14)15)37(16)17)53(48(38(18)19)39(20)21)49(40(22)23)41(24)25/h2-7,12,14,16,19,31H,8-11,13,15H2,1H3,(H2,30,32);29H,1-28H2/t16?,19-;/m1./s1. The lowest BCUT2D eigenvalue weighted by molar-refractivity contribution is 0.190. The molecule has 3 N–H and O–H groups in total. The summed E-state index contributed by atoms with van der Waals surface area (Å²) < 4.78 is 63.9. The molecular weight excluding hydrogens is 2250 g/mol. The third kappa shape index (κ3) is 33.6. The van der Waals surface area contributed by atoms with Crippen LogP contribution in [0.15, 0.2) is 58.0 Å². The van der Waals surface area contributed by atoms with Gasteiger partial charge < -0.3 is 20.2 Å². The van der Waals surface area contributed by atoms with Gasteiger partial charge in [-0.2, -0.15) is 0 Å². The zero-order chi connectivity index (χ0) is 72.0. The number of rotatable bonds is 36. The summed E-state index contributed by atoms with van der Waals surface area (Å²) in [6.07, 6.45) is 2.27. The molecule has 2 aromatic carbocycles. The molecule has 1 aliphatic rings. The number of alkyl halides is 1. The van der Waals surface area contributed by atoms with Crippen molar-refractivity contribution in [3.05, 3.63) is 60.0 Å². The molecule has 542 valence electrons. The van der Waals surface area contributed by atoms with E-state index in [0.29, 0.717) is 24.4 Å². The number of nitrogen functional groups attached to an aromatic ring is 1. The van der Waals surface area contributed by atoms with Gasteiger partial charge in [0.1, 0.15) is 5.82 Å². The Labute approximate surface area is 661 Å². The second kappa shape index (κ2) is 55.3. The van der Waals surface area contributed by atoms with Crippen LogP contribution in [0, 0.1) is 5.82 Å². The van der Waals surface area contributed by atoms with E-state index in [1.165, 1.54) is 31.3 Å². The molecule has 1 saturated heterocycles. The summed E-state index contributed by atoms with van der Waals surface area (Å²) >= 11 is 0. The number of nitrogens with zero attached hydrogens (tertiary/aromatic N) is 4. The fourth-order valence-corrected chi connectivity index (χ4v) is 793. The van der Waals surface area contributed by atoms with Crippen molar-refractivity contribution in [1.82, 2.24) is 25.5 Å². The molecule has 1 aliphatic heterocycles. The summed E-state index contributed by atoms with van der Waals surface area (Å²) in [6, 6.07) is 11.0. The van der Waals surface area contributed by atoms with E-state index < -0.39 is 27.6 Å². The number of nitrogens with one attached hydrogen (secondary N) is 1. The average Bonchev–Trinajstić information content (AvgIpc) is 1.19. The lowest BCUT2D eigenvalue weighted by Crippen LogP contribution is -2.28. The smallest absolute Gasteiger partial charge is 0.270 e. The number of aromatic nitrogens is 4. The van der Waals surface area contributed by atoms with Crippen LogP contribution in [0.2, 0.25) is 0 Å². The Hall–Kier alpha value is 19.8. The Morgan fingerprint density at radius 1 is 0.579 bits per heavy atom. The number of hydrogen-bond donors (Lipinski definition) is 2. The van der Waals surface area contributed by atoms with Gasteiger partial charge in [0.2, 0.25) is 0 Å². The normalized spacial score (nSPS) is 16.3. The predicted molar refractivity (Wildman–Crippen MR) is 604 cm³/mol.